The predicted molar refractivity (Wildman–Crippen MR) is 52.8 cm³/mol. The van der Waals surface area contributed by atoms with E-state index in [1.54, 1.807) is 0 Å². The van der Waals surface area contributed by atoms with Gasteiger partial charge in [0.1, 0.15) is 0 Å². The van der Waals surface area contributed by atoms with Crippen molar-refractivity contribution < 1.29 is 0 Å². The van der Waals surface area contributed by atoms with Crippen molar-refractivity contribution in [2.45, 2.75) is 9.92 Å². The average Bonchev–Trinajstić information content (AvgIpc) is 2.27. The Bertz CT molecular complexity index is 392. The van der Waals surface area contributed by atoms with E-state index in [-0.39, 0.29) is 0 Å². The first-order chi connectivity index (χ1) is 5.25. The van der Waals surface area contributed by atoms with Gasteiger partial charge in [-0.25, -0.2) is 0 Å². The zero-order valence-electron chi connectivity index (χ0n) is 5.70. The fourth-order valence-electron chi connectivity index (χ4n) is 1.10. The fraction of sp³-hybridized carbons (Fsp3) is 0. The van der Waals surface area contributed by atoms with Crippen molar-refractivity contribution in [3.8, 4) is 0 Å². The van der Waals surface area contributed by atoms with Gasteiger partial charge < -0.3 is 4.98 Å². The highest BCUT2D eigenvalue weighted by molar-refractivity contribution is 7.80. The van der Waals surface area contributed by atoms with Gasteiger partial charge in [-0.2, -0.15) is 0 Å². The lowest BCUT2D eigenvalue weighted by atomic mass is 10.2. The minimum Gasteiger partial charge on any atom is -0.350 e. The number of H-pyrrole nitrogens is 1. The zero-order chi connectivity index (χ0) is 7.84. The highest BCUT2D eigenvalue weighted by Gasteiger charge is 1.96. The monoisotopic (exact) mass is 181 g/mol. The second kappa shape index (κ2) is 2.50. The summed E-state index contributed by atoms with van der Waals surface area (Å²) in [5.41, 5.74) is 1.10. The van der Waals surface area contributed by atoms with Crippen LogP contribution in [0.5, 0.6) is 0 Å². The van der Waals surface area contributed by atoms with Crippen molar-refractivity contribution in [2.24, 2.45) is 0 Å². The molecule has 0 radical (unpaired) electrons. The minimum atomic E-state index is 0.888. The molecule has 56 valence electrons. The number of fused-ring (bicyclic) bond motifs is 1. The van der Waals surface area contributed by atoms with Crippen molar-refractivity contribution in [3.63, 3.8) is 0 Å². The summed E-state index contributed by atoms with van der Waals surface area (Å²) >= 11 is 8.43. The molecule has 1 nitrogen and oxygen atoms in total. The molecule has 1 aromatic carbocycles. The van der Waals surface area contributed by atoms with Crippen LogP contribution in [0.1, 0.15) is 0 Å². The topological polar surface area (TPSA) is 15.8 Å². The number of benzene rings is 1. The number of aromatic nitrogens is 1. The summed E-state index contributed by atoms with van der Waals surface area (Å²) in [7, 11) is 0. The van der Waals surface area contributed by atoms with E-state index in [9.17, 15) is 0 Å². The largest absolute Gasteiger partial charge is 0.350 e. The van der Waals surface area contributed by atoms with Crippen molar-refractivity contribution in [2.75, 3.05) is 0 Å². The standard InChI is InChI=1S/C8H7NS2/c10-6-1-2-7-5(3-6)4-8(11)9-7/h1-4,9-11H. The Kier molecular flexibility index (Phi) is 1.62. The van der Waals surface area contributed by atoms with E-state index in [0.717, 1.165) is 20.8 Å². The third kappa shape index (κ3) is 1.26. The van der Waals surface area contributed by atoms with E-state index in [2.05, 4.69) is 30.2 Å². The van der Waals surface area contributed by atoms with E-state index in [1.165, 1.54) is 0 Å². The SMILES string of the molecule is Sc1ccc2[nH]c(S)cc2c1. The Morgan fingerprint density at radius 1 is 1.09 bits per heavy atom. The highest BCUT2D eigenvalue weighted by Crippen LogP contribution is 2.20. The molecule has 0 spiro atoms. The number of nitrogens with one attached hydrogen (secondary N) is 1. The lowest BCUT2D eigenvalue weighted by Gasteiger charge is -1.89. The molecule has 0 unspecified atom stereocenters. The van der Waals surface area contributed by atoms with Crippen LogP contribution in [0.2, 0.25) is 0 Å². The van der Waals surface area contributed by atoms with Gasteiger partial charge in [0.25, 0.3) is 0 Å². The molecule has 2 aromatic rings. The Hall–Kier alpha value is -0.540. The lowest BCUT2D eigenvalue weighted by molar-refractivity contribution is 1.25. The Balaban J connectivity index is 2.82. The highest BCUT2D eigenvalue weighted by atomic mass is 32.1. The van der Waals surface area contributed by atoms with Gasteiger partial charge in [0.2, 0.25) is 0 Å². The summed E-state index contributed by atoms with van der Waals surface area (Å²) in [5.74, 6) is 0. The van der Waals surface area contributed by atoms with Gasteiger partial charge in [-0.3, -0.25) is 0 Å². The van der Waals surface area contributed by atoms with Crippen LogP contribution in [0.15, 0.2) is 34.2 Å². The van der Waals surface area contributed by atoms with Gasteiger partial charge >= 0.3 is 0 Å². The summed E-state index contributed by atoms with van der Waals surface area (Å²) in [6, 6.07) is 7.94. The van der Waals surface area contributed by atoms with E-state index >= 15 is 0 Å². The number of hydrogen-bond acceptors (Lipinski definition) is 2. The molecule has 1 aromatic heterocycles. The first kappa shape index (κ1) is 7.13. The summed E-state index contributed by atoms with van der Waals surface area (Å²) in [6.07, 6.45) is 0. The molecule has 0 aliphatic carbocycles. The maximum Gasteiger partial charge on any atom is 0.0701 e. The summed E-state index contributed by atoms with van der Waals surface area (Å²) in [4.78, 5) is 4.09. The molecule has 0 saturated heterocycles. The van der Waals surface area contributed by atoms with Gasteiger partial charge in [0.05, 0.1) is 5.03 Å². The fourth-order valence-corrected chi connectivity index (χ4v) is 1.58. The van der Waals surface area contributed by atoms with Crippen LogP contribution in [0.4, 0.5) is 0 Å². The van der Waals surface area contributed by atoms with Crippen LogP contribution >= 0.6 is 25.3 Å². The summed E-state index contributed by atoms with van der Waals surface area (Å²) in [6.45, 7) is 0. The molecule has 0 atom stereocenters. The molecule has 0 amide bonds. The van der Waals surface area contributed by atoms with Crippen LogP contribution in [-0.4, -0.2) is 4.98 Å². The van der Waals surface area contributed by atoms with Crippen LogP contribution in [-0.2, 0) is 0 Å². The molecular formula is C8H7NS2. The second-order valence-electron chi connectivity index (χ2n) is 2.43. The third-order valence-electron chi connectivity index (χ3n) is 1.59. The predicted octanol–water partition coefficient (Wildman–Crippen LogP) is 2.75. The van der Waals surface area contributed by atoms with Gasteiger partial charge in [-0.1, -0.05) is 0 Å². The van der Waals surface area contributed by atoms with Crippen molar-refractivity contribution in [1.82, 2.24) is 4.98 Å². The molecule has 0 bridgehead atoms. The van der Waals surface area contributed by atoms with Gasteiger partial charge in [0.15, 0.2) is 0 Å². The third-order valence-corrected chi connectivity index (χ3v) is 2.11. The number of rotatable bonds is 0. The minimum absolute atomic E-state index is 0.888. The first-order valence-electron chi connectivity index (χ1n) is 3.26. The molecule has 0 aliphatic heterocycles. The van der Waals surface area contributed by atoms with E-state index < -0.39 is 0 Å². The zero-order valence-corrected chi connectivity index (χ0v) is 7.49. The molecule has 0 aliphatic rings. The van der Waals surface area contributed by atoms with Gasteiger partial charge in [-0.15, -0.1) is 25.3 Å². The second-order valence-corrected chi connectivity index (χ2v) is 3.42. The van der Waals surface area contributed by atoms with Crippen molar-refractivity contribution in [1.29, 1.82) is 0 Å². The van der Waals surface area contributed by atoms with Crippen molar-refractivity contribution >= 4 is 36.2 Å². The quantitative estimate of drug-likeness (QED) is 0.518. The maximum absolute atomic E-state index is 4.23. The van der Waals surface area contributed by atoms with E-state index in [1.807, 2.05) is 24.3 Å². The Morgan fingerprint density at radius 2 is 1.91 bits per heavy atom. The molecule has 2 rings (SSSR count). The van der Waals surface area contributed by atoms with Crippen LogP contribution in [0.3, 0.4) is 0 Å². The molecule has 0 saturated carbocycles. The molecule has 0 fully saturated rings. The summed E-state index contributed by atoms with van der Waals surface area (Å²) in [5, 5.41) is 2.04. The Morgan fingerprint density at radius 3 is 2.73 bits per heavy atom. The van der Waals surface area contributed by atoms with Crippen LogP contribution in [0.25, 0.3) is 10.9 Å². The van der Waals surface area contributed by atoms with Gasteiger partial charge in [0, 0.05) is 15.8 Å². The number of hydrogen-bond donors (Lipinski definition) is 3. The summed E-state index contributed by atoms with van der Waals surface area (Å²) < 4.78 is 0. The molecule has 3 heteroatoms. The Labute approximate surface area is 75.6 Å². The number of thiol groups is 2. The normalized spacial score (nSPS) is 10.7. The van der Waals surface area contributed by atoms with E-state index in [0.29, 0.717) is 0 Å². The molecular weight excluding hydrogens is 174 g/mol. The van der Waals surface area contributed by atoms with E-state index in [4.69, 9.17) is 0 Å². The smallest absolute Gasteiger partial charge is 0.0701 e. The lowest BCUT2D eigenvalue weighted by Crippen LogP contribution is -1.66. The van der Waals surface area contributed by atoms with Crippen LogP contribution in [0, 0.1) is 0 Å². The van der Waals surface area contributed by atoms with Crippen LogP contribution < -0.4 is 0 Å². The molecule has 1 heterocycles. The maximum atomic E-state index is 4.23. The molecule has 11 heavy (non-hydrogen) atoms. The molecule has 1 N–H and O–H groups in total. The average molecular weight is 181 g/mol. The van der Waals surface area contributed by atoms with Crippen molar-refractivity contribution in [3.05, 3.63) is 24.3 Å². The first-order valence-corrected chi connectivity index (χ1v) is 4.16. The van der Waals surface area contributed by atoms with Gasteiger partial charge in [-0.05, 0) is 24.3 Å². The number of aromatic amines is 1.